The summed E-state index contributed by atoms with van der Waals surface area (Å²) in [7, 11) is 0. The molecular formula is C6H13NO2. The minimum absolute atomic E-state index is 0.0732. The molecule has 0 heterocycles. The Balaban J connectivity index is 3.50. The molecular weight excluding hydrogens is 118 g/mol. The molecule has 3 heteroatoms. The van der Waals surface area contributed by atoms with Crippen molar-refractivity contribution in [2.24, 2.45) is 5.73 Å². The third kappa shape index (κ3) is 4.12. The van der Waals surface area contributed by atoms with Gasteiger partial charge in [-0.1, -0.05) is 0 Å². The molecule has 0 amide bonds. The van der Waals surface area contributed by atoms with E-state index < -0.39 is 12.1 Å². The molecule has 0 aromatic carbocycles. The van der Waals surface area contributed by atoms with E-state index in [4.69, 9.17) is 10.8 Å². The van der Waals surface area contributed by atoms with Gasteiger partial charge in [-0.15, -0.1) is 0 Å². The molecule has 0 rings (SSSR count). The monoisotopic (exact) mass is 131 g/mol. The summed E-state index contributed by atoms with van der Waals surface area (Å²) in [6.07, 6.45) is -0.126. The van der Waals surface area contributed by atoms with Crippen molar-refractivity contribution in [2.75, 3.05) is 0 Å². The normalized spacial score (nSPS) is 16.9. The van der Waals surface area contributed by atoms with E-state index in [0.717, 1.165) is 0 Å². The maximum Gasteiger partial charge on any atom is 0.146 e. The Morgan fingerprint density at radius 1 is 1.78 bits per heavy atom. The fourth-order valence-corrected chi connectivity index (χ4v) is 0.533. The van der Waals surface area contributed by atoms with Crippen LogP contribution in [0.1, 0.15) is 20.3 Å². The van der Waals surface area contributed by atoms with Gasteiger partial charge in [0.1, 0.15) is 5.78 Å². The van der Waals surface area contributed by atoms with Crippen LogP contribution in [0.15, 0.2) is 0 Å². The van der Waals surface area contributed by atoms with Gasteiger partial charge in [-0.2, -0.15) is 0 Å². The number of hydrogen-bond acceptors (Lipinski definition) is 3. The van der Waals surface area contributed by atoms with E-state index in [1.165, 1.54) is 6.92 Å². The minimum Gasteiger partial charge on any atom is -0.393 e. The van der Waals surface area contributed by atoms with E-state index in [1.54, 1.807) is 6.92 Å². The molecule has 2 atom stereocenters. The summed E-state index contributed by atoms with van der Waals surface area (Å²) < 4.78 is 0. The Labute approximate surface area is 54.9 Å². The number of ketones is 1. The molecule has 0 saturated carbocycles. The molecule has 3 nitrogen and oxygen atoms in total. The molecule has 0 spiro atoms. The number of aliphatic hydroxyl groups excluding tert-OH is 1. The molecule has 0 bridgehead atoms. The Hall–Kier alpha value is -0.410. The Bertz CT molecular complexity index is 101. The molecule has 0 aliphatic carbocycles. The number of Topliss-reactive ketones (excluding diaryl/α,β-unsaturated/α-hetero) is 1. The highest BCUT2D eigenvalue weighted by Crippen LogP contribution is 1.94. The third-order valence-corrected chi connectivity index (χ3v) is 1.12. The van der Waals surface area contributed by atoms with Gasteiger partial charge in [0.25, 0.3) is 0 Å². The number of carbonyl (C=O) groups is 1. The number of aliphatic hydroxyl groups is 1. The van der Waals surface area contributed by atoms with Crippen molar-refractivity contribution in [2.45, 2.75) is 32.4 Å². The van der Waals surface area contributed by atoms with Crippen molar-refractivity contribution in [3.05, 3.63) is 0 Å². The second-order valence-electron chi connectivity index (χ2n) is 2.30. The van der Waals surface area contributed by atoms with Gasteiger partial charge in [0.15, 0.2) is 0 Å². The topological polar surface area (TPSA) is 63.3 Å². The lowest BCUT2D eigenvalue weighted by atomic mass is 10.1. The Kier molecular flexibility index (Phi) is 3.42. The summed E-state index contributed by atoms with van der Waals surface area (Å²) in [6, 6.07) is -0.495. The lowest BCUT2D eigenvalue weighted by Crippen LogP contribution is -2.31. The van der Waals surface area contributed by atoms with Gasteiger partial charge in [-0.25, -0.2) is 0 Å². The van der Waals surface area contributed by atoms with Crippen molar-refractivity contribution in [3.8, 4) is 0 Å². The first-order chi connectivity index (χ1) is 4.04. The van der Waals surface area contributed by atoms with Crippen LogP contribution in [0.2, 0.25) is 0 Å². The van der Waals surface area contributed by atoms with Crippen LogP contribution in [-0.4, -0.2) is 23.0 Å². The summed E-state index contributed by atoms with van der Waals surface area (Å²) >= 11 is 0. The highest BCUT2D eigenvalue weighted by molar-refractivity contribution is 5.81. The van der Waals surface area contributed by atoms with Crippen LogP contribution in [0, 0.1) is 0 Å². The van der Waals surface area contributed by atoms with Crippen molar-refractivity contribution in [3.63, 3.8) is 0 Å². The van der Waals surface area contributed by atoms with Crippen molar-refractivity contribution in [1.82, 2.24) is 0 Å². The molecule has 0 saturated heterocycles. The zero-order chi connectivity index (χ0) is 7.44. The summed E-state index contributed by atoms with van der Waals surface area (Å²) in [6.45, 7) is 3.04. The zero-order valence-electron chi connectivity index (χ0n) is 5.79. The van der Waals surface area contributed by atoms with Crippen LogP contribution < -0.4 is 5.73 Å². The van der Waals surface area contributed by atoms with Crippen LogP contribution in [0.25, 0.3) is 0 Å². The summed E-state index contributed by atoms with van der Waals surface area (Å²) in [5, 5.41) is 8.74. The van der Waals surface area contributed by atoms with Gasteiger partial charge in [-0.3, -0.25) is 4.79 Å². The molecule has 0 aliphatic rings. The van der Waals surface area contributed by atoms with E-state index in [9.17, 15) is 4.79 Å². The molecule has 0 aromatic heterocycles. The fraction of sp³-hybridized carbons (Fsp3) is 0.833. The summed E-state index contributed by atoms with van der Waals surface area (Å²) in [5.41, 5.74) is 5.31. The molecule has 0 aliphatic heterocycles. The molecule has 0 fully saturated rings. The lowest BCUT2D eigenvalue weighted by Gasteiger charge is -2.08. The fourth-order valence-electron chi connectivity index (χ4n) is 0.533. The van der Waals surface area contributed by atoms with E-state index in [2.05, 4.69) is 0 Å². The second kappa shape index (κ2) is 3.58. The molecule has 0 radical (unpaired) electrons. The number of hydrogen-bond donors (Lipinski definition) is 2. The maximum atomic E-state index is 10.4. The van der Waals surface area contributed by atoms with Crippen LogP contribution in [-0.2, 0) is 4.79 Å². The van der Waals surface area contributed by atoms with Gasteiger partial charge in [0.05, 0.1) is 12.1 Å². The standard InChI is InChI=1S/C6H13NO2/c1-4(8)3-6(7)5(2)9/h4,6,8H,3,7H2,1-2H3. The van der Waals surface area contributed by atoms with Crippen LogP contribution in [0.3, 0.4) is 0 Å². The summed E-state index contributed by atoms with van der Waals surface area (Å²) in [5.74, 6) is -0.0732. The van der Waals surface area contributed by atoms with Crippen molar-refractivity contribution < 1.29 is 9.90 Å². The first-order valence-electron chi connectivity index (χ1n) is 2.98. The SMILES string of the molecule is CC(=O)C(N)CC(C)O. The van der Waals surface area contributed by atoms with Crippen LogP contribution in [0.4, 0.5) is 0 Å². The zero-order valence-corrected chi connectivity index (χ0v) is 5.79. The van der Waals surface area contributed by atoms with Crippen molar-refractivity contribution >= 4 is 5.78 Å². The first-order valence-corrected chi connectivity index (χ1v) is 2.98. The van der Waals surface area contributed by atoms with E-state index in [0.29, 0.717) is 6.42 Å². The third-order valence-electron chi connectivity index (χ3n) is 1.12. The smallest absolute Gasteiger partial charge is 0.146 e. The molecule has 9 heavy (non-hydrogen) atoms. The molecule has 54 valence electrons. The van der Waals surface area contributed by atoms with Gasteiger partial charge in [-0.05, 0) is 20.3 Å². The highest BCUT2D eigenvalue weighted by atomic mass is 16.3. The van der Waals surface area contributed by atoms with Gasteiger partial charge < -0.3 is 10.8 Å². The quantitative estimate of drug-likeness (QED) is 0.551. The number of nitrogens with two attached hydrogens (primary N) is 1. The molecule has 0 aromatic rings. The lowest BCUT2D eigenvalue weighted by molar-refractivity contribution is -0.118. The predicted molar refractivity (Wildman–Crippen MR) is 35.0 cm³/mol. The maximum absolute atomic E-state index is 10.4. The first kappa shape index (κ1) is 8.59. The highest BCUT2D eigenvalue weighted by Gasteiger charge is 2.09. The van der Waals surface area contributed by atoms with Crippen LogP contribution in [0.5, 0.6) is 0 Å². The largest absolute Gasteiger partial charge is 0.393 e. The minimum atomic E-state index is -0.495. The summed E-state index contributed by atoms with van der Waals surface area (Å²) in [4.78, 5) is 10.4. The average molecular weight is 131 g/mol. The van der Waals surface area contributed by atoms with E-state index in [1.807, 2.05) is 0 Å². The van der Waals surface area contributed by atoms with E-state index >= 15 is 0 Å². The van der Waals surface area contributed by atoms with E-state index in [-0.39, 0.29) is 5.78 Å². The average Bonchev–Trinajstić information content (AvgIpc) is 1.63. The Morgan fingerprint density at radius 2 is 2.22 bits per heavy atom. The van der Waals surface area contributed by atoms with Gasteiger partial charge in [0, 0.05) is 0 Å². The Morgan fingerprint density at radius 3 is 2.33 bits per heavy atom. The van der Waals surface area contributed by atoms with Gasteiger partial charge >= 0.3 is 0 Å². The number of carbonyl (C=O) groups excluding carboxylic acids is 1. The predicted octanol–water partition coefficient (Wildman–Crippen LogP) is -0.326. The number of rotatable bonds is 3. The van der Waals surface area contributed by atoms with Gasteiger partial charge in [0.2, 0.25) is 0 Å². The van der Waals surface area contributed by atoms with Crippen molar-refractivity contribution in [1.29, 1.82) is 0 Å². The van der Waals surface area contributed by atoms with Crippen LogP contribution >= 0.6 is 0 Å². The molecule has 3 N–H and O–H groups in total. The molecule has 2 unspecified atom stereocenters. The second-order valence-corrected chi connectivity index (χ2v) is 2.30.